The molecule has 27 heavy (non-hydrogen) atoms. The molecular weight excluding hydrogens is 471 g/mol. The highest BCUT2D eigenvalue weighted by molar-refractivity contribution is 14.0. The average molecular weight is 507 g/mol. The smallest absolute Gasteiger partial charge is 0.194 e. The predicted octanol–water partition coefficient (Wildman–Crippen LogP) is 3.60. The van der Waals surface area contributed by atoms with Gasteiger partial charge >= 0.3 is 0 Å². The third-order valence-electron chi connectivity index (χ3n) is 6.01. The van der Waals surface area contributed by atoms with Crippen LogP contribution in [0.2, 0.25) is 0 Å². The normalized spacial score (nSPS) is 19.4. The van der Waals surface area contributed by atoms with Gasteiger partial charge in [0.15, 0.2) is 11.8 Å². The first kappa shape index (κ1) is 22.8. The molecule has 6 nitrogen and oxygen atoms in total. The number of aryl methyl sites for hydroxylation is 1. The van der Waals surface area contributed by atoms with Crippen LogP contribution in [0.4, 0.5) is 0 Å². The van der Waals surface area contributed by atoms with Gasteiger partial charge in [0, 0.05) is 26.7 Å². The SMILES string of the molecule is CSCCCNC(=NCc1nnc(C)n1C)N1CCC2(CCCCC2)C1.I. The van der Waals surface area contributed by atoms with E-state index in [0.29, 0.717) is 12.0 Å². The average Bonchev–Trinajstić information content (AvgIpc) is 3.20. The Morgan fingerprint density at radius 2 is 2.00 bits per heavy atom. The number of guanidine groups is 1. The zero-order valence-electron chi connectivity index (χ0n) is 17.0. The Bertz CT molecular complexity index is 611. The predicted molar refractivity (Wildman–Crippen MR) is 125 cm³/mol. The highest BCUT2D eigenvalue weighted by atomic mass is 127. The third-order valence-corrected chi connectivity index (χ3v) is 6.71. The van der Waals surface area contributed by atoms with Gasteiger partial charge < -0.3 is 14.8 Å². The maximum Gasteiger partial charge on any atom is 0.194 e. The maximum atomic E-state index is 4.93. The topological polar surface area (TPSA) is 58.3 Å². The monoisotopic (exact) mass is 506 g/mol. The van der Waals surface area contributed by atoms with Gasteiger partial charge in [-0.05, 0) is 50.0 Å². The standard InChI is InChI=1S/C19H34N6S.HI/c1-16-22-23-17(24(16)2)14-21-18(20-11-7-13-26-3)25-12-10-19(15-25)8-5-4-6-9-19;/h4-15H2,1-3H3,(H,20,21);1H. The van der Waals surface area contributed by atoms with Crippen molar-refractivity contribution in [2.24, 2.45) is 17.5 Å². The Morgan fingerprint density at radius 1 is 1.22 bits per heavy atom. The van der Waals surface area contributed by atoms with E-state index in [-0.39, 0.29) is 24.0 Å². The molecule has 3 rings (SSSR count). The first-order chi connectivity index (χ1) is 12.6. The Morgan fingerprint density at radius 3 is 2.67 bits per heavy atom. The second-order valence-corrected chi connectivity index (χ2v) is 8.85. The Balaban J connectivity index is 0.00000261. The van der Waals surface area contributed by atoms with Crippen LogP contribution < -0.4 is 5.32 Å². The molecular formula is C19H35IN6S. The zero-order chi connectivity index (χ0) is 18.4. The molecule has 154 valence electrons. The summed E-state index contributed by atoms with van der Waals surface area (Å²) in [4.78, 5) is 7.42. The van der Waals surface area contributed by atoms with Crippen LogP contribution in [0.15, 0.2) is 4.99 Å². The summed E-state index contributed by atoms with van der Waals surface area (Å²) in [5.41, 5.74) is 0.543. The maximum absolute atomic E-state index is 4.93. The lowest BCUT2D eigenvalue weighted by molar-refractivity contribution is 0.203. The number of hydrogen-bond acceptors (Lipinski definition) is 4. The van der Waals surface area contributed by atoms with Crippen molar-refractivity contribution in [3.63, 3.8) is 0 Å². The van der Waals surface area contributed by atoms with Crippen molar-refractivity contribution in [1.82, 2.24) is 25.0 Å². The highest BCUT2D eigenvalue weighted by Gasteiger charge is 2.39. The number of halogens is 1. The van der Waals surface area contributed by atoms with Crippen molar-refractivity contribution in [2.45, 2.75) is 58.4 Å². The lowest BCUT2D eigenvalue weighted by atomic mass is 9.73. The summed E-state index contributed by atoms with van der Waals surface area (Å²) in [6.45, 7) is 5.85. The van der Waals surface area contributed by atoms with Gasteiger partial charge in [-0.3, -0.25) is 0 Å². The molecule has 1 saturated heterocycles. The van der Waals surface area contributed by atoms with Crippen molar-refractivity contribution >= 4 is 41.7 Å². The van der Waals surface area contributed by atoms with Crippen molar-refractivity contribution in [3.05, 3.63) is 11.6 Å². The molecule has 0 unspecified atom stereocenters. The van der Waals surface area contributed by atoms with E-state index in [1.165, 1.54) is 57.2 Å². The second kappa shape index (κ2) is 10.9. The lowest BCUT2D eigenvalue weighted by Gasteiger charge is -2.33. The molecule has 1 saturated carbocycles. The van der Waals surface area contributed by atoms with Crippen LogP contribution in [-0.2, 0) is 13.6 Å². The van der Waals surface area contributed by atoms with Crippen LogP contribution >= 0.6 is 35.7 Å². The number of rotatable bonds is 6. The molecule has 2 aliphatic rings. The highest BCUT2D eigenvalue weighted by Crippen LogP contribution is 2.43. The minimum absolute atomic E-state index is 0. The Kier molecular flexibility index (Phi) is 9.18. The lowest BCUT2D eigenvalue weighted by Crippen LogP contribution is -2.42. The fourth-order valence-electron chi connectivity index (χ4n) is 4.24. The number of hydrogen-bond donors (Lipinski definition) is 1. The number of aliphatic imine (C=N–C) groups is 1. The molecule has 0 radical (unpaired) electrons. The van der Waals surface area contributed by atoms with Gasteiger partial charge in [-0.25, -0.2) is 4.99 Å². The van der Waals surface area contributed by atoms with Gasteiger partial charge in [-0.15, -0.1) is 34.2 Å². The van der Waals surface area contributed by atoms with Gasteiger partial charge in [0.2, 0.25) is 0 Å². The van der Waals surface area contributed by atoms with E-state index < -0.39 is 0 Å². The molecule has 1 N–H and O–H groups in total. The molecule has 0 amide bonds. The quantitative estimate of drug-likeness (QED) is 0.277. The van der Waals surface area contributed by atoms with Crippen LogP contribution in [0, 0.1) is 12.3 Å². The summed E-state index contributed by atoms with van der Waals surface area (Å²) >= 11 is 1.90. The van der Waals surface area contributed by atoms with Crippen molar-refractivity contribution < 1.29 is 0 Å². The summed E-state index contributed by atoms with van der Waals surface area (Å²) < 4.78 is 2.03. The van der Waals surface area contributed by atoms with Crippen LogP contribution in [0.5, 0.6) is 0 Å². The number of nitrogens with zero attached hydrogens (tertiary/aromatic N) is 5. The number of likely N-dealkylation sites (tertiary alicyclic amines) is 1. The van der Waals surface area contributed by atoms with Gasteiger partial charge in [0.1, 0.15) is 12.4 Å². The summed E-state index contributed by atoms with van der Waals surface area (Å²) in [5, 5.41) is 12.0. The van der Waals surface area contributed by atoms with Crippen LogP contribution in [0.1, 0.15) is 56.6 Å². The van der Waals surface area contributed by atoms with E-state index >= 15 is 0 Å². The summed E-state index contributed by atoms with van der Waals surface area (Å²) in [6.07, 6.45) is 11.7. The summed E-state index contributed by atoms with van der Waals surface area (Å²) in [6, 6.07) is 0. The van der Waals surface area contributed by atoms with Crippen molar-refractivity contribution in [1.29, 1.82) is 0 Å². The minimum Gasteiger partial charge on any atom is -0.356 e. The molecule has 2 heterocycles. The van der Waals surface area contributed by atoms with E-state index in [9.17, 15) is 0 Å². The van der Waals surface area contributed by atoms with Gasteiger partial charge in [-0.1, -0.05) is 19.3 Å². The summed E-state index contributed by atoms with van der Waals surface area (Å²) in [7, 11) is 2.01. The molecule has 1 aliphatic heterocycles. The fourth-order valence-corrected chi connectivity index (χ4v) is 4.68. The van der Waals surface area contributed by atoms with Gasteiger partial charge in [0.05, 0.1) is 0 Å². The zero-order valence-corrected chi connectivity index (χ0v) is 20.2. The van der Waals surface area contributed by atoms with E-state index in [1.54, 1.807) is 0 Å². The molecule has 1 aromatic rings. The van der Waals surface area contributed by atoms with Crippen molar-refractivity contribution in [3.8, 4) is 0 Å². The van der Waals surface area contributed by atoms with Crippen molar-refractivity contribution in [2.75, 3.05) is 31.6 Å². The number of thioether (sulfide) groups is 1. The molecule has 0 aromatic carbocycles. The molecule has 8 heteroatoms. The third kappa shape index (κ3) is 5.98. The van der Waals surface area contributed by atoms with E-state index in [2.05, 4.69) is 26.7 Å². The fraction of sp³-hybridized carbons (Fsp3) is 0.842. The molecule has 1 aliphatic carbocycles. The molecule has 0 bridgehead atoms. The Labute approximate surface area is 185 Å². The van der Waals surface area contributed by atoms with Gasteiger partial charge in [0.25, 0.3) is 0 Å². The van der Waals surface area contributed by atoms with E-state index in [4.69, 9.17) is 4.99 Å². The molecule has 0 atom stereocenters. The van der Waals surface area contributed by atoms with E-state index in [1.807, 2.05) is 30.3 Å². The largest absolute Gasteiger partial charge is 0.356 e. The number of aromatic nitrogens is 3. The number of nitrogens with one attached hydrogen (secondary N) is 1. The Hall–Kier alpha value is -0.510. The van der Waals surface area contributed by atoms with Crippen LogP contribution in [-0.4, -0.2) is 57.3 Å². The van der Waals surface area contributed by atoms with Crippen LogP contribution in [0.25, 0.3) is 0 Å². The first-order valence-electron chi connectivity index (χ1n) is 10.0. The molecule has 2 fully saturated rings. The summed E-state index contributed by atoms with van der Waals surface area (Å²) in [5.74, 6) is 4.12. The second-order valence-electron chi connectivity index (χ2n) is 7.87. The van der Waals surface area contributed by atoms with Gasteiger partial charge in [-0.2, -0.15) is 11.8 Å². The van der Waals surface area contributed by atoms with E-state index in [0.717, 1.165) is 30.7 Å². The molecule has 1 aromatic heterocycles. The van der Waals surface area contributed by atoms with Crippen LogP contribution in [0.3, 0.4) is 0 Å². The first-order valence-corrected chi connectivity index (χ1v) is 11.4. The molecule has 1 spiro atoms. The minimum atomic E-state index is 0.